The monoisotopic (exact) mass is 417 g/mol. The van der Waals surface area contributed by atoms with Crippen LogP contribution >= 0.6 is 0 Å². The number of Topliss-reactive ketones (excluding diaryl/α,β-unsaturated/α-hetero) is 4. The Morgan fingerprint density at radius 1 is 0.767 bits per heavy atom. The van der Waals surface area contributed by atoms with Crippen LogP contribution in [0.15, 0.2) is 24.3 Å². The molecule has 30 heavy (non-hydrogen) atoms. The number of ether oxygens (including phenoxy) is 1. The summed E-state index contributed by atoms with van der Waals surface area (Å²) in [5.41, 5.74) is 0.0790. The molecule has 0 heterocycles. The van der Waals surface area contributed by atoms with Crippen LogP contribution in [0.25, 0.3) is 0 Å². The van der Waals surface area contributed by atoms with Gasteiger partial charge in [0.2, 0.25) is 11.6 Å². The smallest absolute Gasteiger partial charge is 0.277 e. The summed E-state index contributed by atoms with van der Waals surface area (Å²) in [5, 5.41) is 0. The number of carbonyl (C=O) groups is 4. The van der Waals surface area contributed by atoms with Gasteiger partial charge in [-0.1, -0.05) is 33.6 Å². The van der Waals surface area contributed by atoms with Gasteiger partial charge in [-0.3, -0.25) is 19.2 Å². The first-order valence-electron chi connectivity index (χ1n) is 11.1. The zero-order valence-electron chi connectivity index (χ0n) is 18.6. The lowest BCUT2D eigenvalue weighted by atomic mass is 10.0. The topological polar surface area (TPSA) is 80.8 Å². The summed E-state index contributed by atoms with van der Waals surface area (Å²) >= 11 is 0. The second-order valence-corrected chi connectivity index (χ2v) is 7.44. The first kappa shape index (κ1) is 25.7. The number of benzene rings is 1. The molecule has 0 aliphatic carbocycles. The van der Waals surface area contributed by atoms with E-state index in [1.165, 1.54) is 37.8 Å². The van der Waals surface area contributed by atoms with E-state index in [1.807, 2.05) is 0 Å². The van der Waals surface area contributed by atoms with Gasteiger partial charge < -0.3 is 9.64 Å². The molecule has 0 aliphatic rings. The van der Waals surface area contributed by atoms with Gasteiger partial charge in [0.05, 0.1) is 6.61 Å². The molecule has 0 bridgehead atoms. The average Bonchev–Trinajstić information content (AvgIpc) is 2.76. The fourth-order valence-electron chi connectivity index (χ4n) is 2.98. The van der Waals surface area contributed by atoms with Crippen LogP contribution in [-0.4, -0.2) is 54.3 Å². The molecule has 0 amide bonds. The number of nitrogens with zero attached hydrogens (tertiary/aromatic N) is 1. The Bertz CT molecular complexity index is 688. The maximum Gasteiger partial charge on any atom is 0.277 e. The van der Waals surface area contributed by atoms with Crippen LogP contribution in [0.2, 0.25) is 0 Å². The Labute approximate surface area is 180 Å². The molecule has 0 aromatic heterocycles. The lowest BCUT2D eigenvalue weighted by Gasteiger charge is -2.21. The van der Waals surface area contributed by atoms with Gasteiger partial charge >= 0.3 is 0 Å². The van der Waals surface area contributed by atoms with E-state index in [1.54, 1.807) is 19.1 Å². The average molecular weight is 418 g/mol. The summed E-state index contributed by atoms with van der Waals surface area (Å²) in [6, 6.07) is 6.10. The molecule has 6 nitrogen and oxygen atoms in total. The molecular weight excluding hydrogens is 382 g/mol. The van der Waals surface area contributed by atoms with Gasteiger partial charge in [0, 0.05) is 18.5 Å². The van der Waals surface area contributed by atoms with Crippen molar-refractivity contribution >= 4 is 23.1 Å². The Morgan fingerprint density at radius 2 is 1.33 bits per heavy atom. The van der Waals surface area contributed by atoms with Gasteiger partial charge in [0.25, 0.3) is 11.6 Å². The van der Waals surface area contributed by atoms with Crippen LogP contribution in [0.3, 0.4) is 0 Å². The fourth-order valence-corrected chi connectivity index (χ4v) is 2.98. The minimum atomic E-state index is -1.28. The van der Waals surface area contributed by atoms with Gasteiger partial charge in [-0.15, -0.1) is 0 Å². The highest BCUT2D eigenvalue weighted by molar-refractivity contribution is 6.79. The number of hydrogen-bond acceptors (Lipinski definition) is 6. The molecule has 0 spiro atoms. The zero-order chi connectivity index (χ0) is 22.4. The van der Waals surface area contributed by atoms with Crippen molar-refractivity contribution in [1.82, 2.24) is 4.90 Å². The zero-order valence-corrected chi connectivity index (χ0v) is 18.6. The molecule has 0 unspecified atom stereocenters. The van der Waals surface area contributed by atoms with Gasteiger partial charge in [0.15, 0.2) is 0 Å². The molecule has 0 atom stereocenters. The minimum Gasteiger partial charge on any atom is -0.494 e. The van der Waals surface area contributed by atoms with Crippen molar-refractivity contribution in [2.45, 2.75) is 65.7 Å². The Morgan fingerprint density at radius 3 is 1.87 bits per heavy atom. The molecule has 0 radical (unpaired) electrons. The highest BCUT2D eigenvalue weighted by Gasteiger charge is 2.28. The van der Waals surface area contributed by atoms with Gasteiger partial charge in [0.1, 0.15) is 5.75 Å². The Hall–Kier alpha value is -2.34. The summed E-state index contributed by atoms with van der Waals surface area (Å²) < 4.78 is 5.73. The second kappa shape index (κ2) is 14.6. The van der Waals surface area contributed by atoms with Gasteiger partial charge in [-0.05, 0) is 63.0 Å². The Balaban J connectivity index is 2.50. The van der Waals surface area contributed by atoms with Crippen molar-refractivity contribution in [2.24, 2.45) is 0 Å². The molecule has 6 heteroatoms. The summed E-state index contributed by atoms with van der Waals surface area (Å²) in [6.45, 7) is 9.89. The van der Waals surface area contributed by atoms with Gasteiger partial charge in [-0.25, -0.2) is 0 Å². The van der Waals surface area contributed by atoms with Crippen LogP contribution in [-0.2, 0) is 14.4 Å². The SMILES string of the molecule is CCCCN(CCCC)CCCOc1ccc(C(=O)C(=O)C(=O)C(=O)CCC)cc1. The van der Waals surface area contributed by atoms with Crippen LogP contribution < -0.4 is 4.74 Å². The molecule has 0 N–H and O–H groups in total. The molecule has 1 aromatic rings. The van der Waals surface area contributed by atoms with E-state index in [0.717, 1.165) is 26.1 Å². The largest absolute Gasteiger partial charge is 0.494 e. The third-order valence-corrected chi connectivity index (χ3v) is 4.80. The standard InChI is InChI=1S/C24H35NO5/c1-4-7-15-25(16-8-5-2)17-9-18-30-20-13-11-19(12-14-20)22(27)24(29)23(28)21(26)10-6-3/h11-14H,4-10,15-18H2,1-3H3. The van der Waals surface area contributed by atoms with Crippen LogP contribution in [0, 0.1) is 0 Å². The van der Waals surface area contributed by atoms with Crippen molar-refractivity contribution < 1.29 is 23.9 Å². The molecule has 0 saturated heterocycles. The van der Waals surface area contributed by atoms with E-state index < -0.39 is 23.1 Å². The minimum absolute atomic E-state index is 0.0288. The van der Waals surface area contributed by atoms with Crippen molar-refractivity contribution in [1.29, 1.82) is 0 Å². The van der Waals surface area contributed by atoms with E-state index in [4.69, 9.17) is 4.74 Å². The fraction of sp³-hybridized carbons (Fsp3) is 0.583. The summed E-state index contributed by atoms with van der Waals surface area (Å²) in [4.78, 5) is 49.8. The van der Waals surface area contributed by atoms with E-state index in [9.17, 15) is 19.2 Å². The highest BCUT2D eigenvalue weighted by Crippen LogP contribution is 2.14. The molecule has 1 aromatic carbocycles. The van der Waals surface area contributed by atoms with Crippen LogP contribution in [0.5, 0.6) is 5.75 Å². The maximum absolute atomic E-state index is 12.1. The number of unbranched alkanes of at least 4 members (excludes halogenated alkanes) is 2. The molecule has 0 aliphatic heterocycles. The summed E-state index contributed by atoms with van der Waals surface area (Å²) in [6.07, 6.45) is 6.10. The number of hydrogen-bond donors (Lipinski definition) is 0. The van der Waals surface area contributed by atoms with Crippen molar-refractivity contribution in [3.63, 3.8) is 0 Å². The predicted octanol–water partition coefficient (Wildman–Crippen LogP) is 4.05. The van der Waals surface area contributed by atoms with E-state index in [0.29, 0.717) is 18.8 Å². The van der Waals surface area contributed by atoms with E-state index in [-0.39, 0.29) is 12.0 Å². The van der Waals surface area contributed by atoms with Crippen molar-refractivity contribution in [3.05, 3.63) is 29.8 Å². The molecule has 0 saturated carbocycles. The quantitative estimate of drug-likeness (QED) is 0.165. The Kier molecular flexibility index (Phi) is 12.5. The van der Waals surface area contributed by atoms with Crippen molar-refractivity contribution in [2.75, 3.05) is 26.2 Å². The maximum atomic E-state index is 12.1. The molecule has 1 rings (SSSR count). The van der Waals surface area contributed by atoms with Crippen LogP contribution in [0.1, 0.15) is 76.1 Å². The molecular formula is C24H35NO5. The van der Waals surface area contributed by atoms with Crippen molar-refractivity contribution in [3.8, 4) is 5.75 Å². The molecule has 166 valence electrons. The third-order valence-electron chi connectivity index (χ3n) is 4.80. The first-order valence-corrected chi connectivity index (χ1v) is 11.1. The van der Waals surface area contributed by atoms with E-state index in [2.05, 4.69) is 18.7 Å². The molecule has 0 fully saturated rings. The second-order valence-electron chi connectivity index (χ2n) is 7.44. The van der Waals surface area contributed by atoms with Gasteiger partial charge in [-0.2, -0.15) is 0 Å². The van der Waals surface area contributed by atoms with E-state index >= 15 is 0 Å². The number of rotatable bonds is 17. The lowest BCUT2D eigenvalue weighted by molar-refractivity contribution is -0.142. The first-order chi connectivity index (χ1) is 14.4. The lowest BCUT2D eigenvalue weighted by Crippen LogP contribution is -2.30. The summed E-state index contributed by atoms with van der Waals surface area (Å²) in [5.74, 6) is -3.69. The normalized spacial score (nSPS) is 10.8. The third kappa shape index (κ3) is 8.99. The van der Waals surface area contributed by atoms with Crippen LogP contribution in [0.4, 0.5) is 0 Å². The number of carbonyl (C=O) groups excluding carboxylic acids is 4. The predicted molar refractivity (Wildman–Crippen MR) is 117 cm³/mol. The highest BCUT2D eigenvalue weighted by atomic mass is 16.5. The number of ketones is 4. The summed E-state index contributed by atoms with van der Waals surface area (Å²) in [7, 11) is 0.